The van der Waals surface area contributed by atoms with E-state index in [0.29, 0.717) is 11.3 Å². The Balaban J connectivity index is 1.67. The van der Waals surface area contributed by atoms with Crippen molar-refractivity contribution in [2.75, 3.05) is 11.4 Å². The van der Waals surface area contributed by atoms with Gasteiger partial charge in [0.05, 0.1) is 12.8 Å². The van der Waals surface area contributed by atoms with Gasteiger partial charge in [-0.2, -0.15) is 0 Å². The fourth-order valence-corrected chi connectivity index (χ4v) is 4.57. The number of hydrogen-bond acceptors (Lipinski definition) is 4. The molecule has 2 N–H and O–H groups in total. The first kappa shape index (κ1) is 24.3. The van der Waals surface area contributed by atoms with Crippen molar-refractivity contribution in [1.82, 2.24) is 10.6 Å². The second-order valence-corrected chi connectivity index (χ2v) is 8.87. The zero-order valence-corrected chi connectivity index (χ0v) is 19.9. The maximum atomic E-state index is 13.8. The molecule has 1 heterocycles. The van der Waals surface area contributed by atoms with Gasteiger partial charge in [-0.15, -0.1) is 0 Å². The highest BCUT2D eigenvalue weighted by Gasteiger charge is 2.34. The minimum atomic E-state index is -0.882. The van der Waals surface area contributed by atoms with Crippen LogP contribution in [0.5, 0.6) is 0 Å². The highest BCUT2D eigenvalue weighted by Crippen LogP contribution is 2.31. The van der Waals surface area contributed by atoms with Crippen LogP contribution in [0.3, 0.4) is 0 Å². The van der Waals surface area contributed by atoms with Gasteiger partial charge < -0.3 is 15.1 Å². The van der Waals surface area contributed by atoms with Crippen LogP contribution in [0.2, 0.25) is 0 Å². The summed E-state index contributed by atoms with van der Waals surface area (Å²) in [4.78, 5) is 41.4. The molecule has 1 aromatic heterocycles. The number of carbonyl (C=O) groups excluding carboxylic acids is 3. The van der Waals surface area contributed by atoms with Crippen LogP contribution < -0.4 is 15.5 Å². The molecule has 7 heteroatoms. The number of para-hydroxylation sites is 1. The fraction of sp³-hybridized carbons (Fsp3) is 0.321. The molecule has 0 spiro atoms. The summed E-state index contributed by atoms with van der Waals surface area (Å²) in [5.74, 6) is -0.991. The molecule has 0 radical (unpaired) electrons. The van der Waals surface area contributed by atoms with Crippen molar-refractivity contribution in [3.05, 3.63) is 89.9 Å². The number of anilines is 1. The summed E-state index contributed by atoms with van der Waals surface area (Å²) in [5, 5.41) is 5.82. The molecule has 1 atom stereocenters. The molecule has 1 aliphatic carbocycles. The van der Waals surface area contributed by atoms with Crippen molar-refractivity contribution >= 4 is 23.4 Å². The van der Waals surface area contributed by atoms with Crippen LogP contribution in [0, 0.1) is 6.92 Å². The molecule has 7 nitrogen and oxygen atoms in total. The zero-order valence-electron chi connectivity index (χ0n) is 19.9. The molecule has 35 heavy (non-hydrogen) atoms. The summed E-state index contributed by atoms with van der Waals surface area (Å²) in [6, 6.07) is 19.1. The van der Waals surface area contributed by atoms with Gasteiger partial charge in [0.2, 0.25) is 11.8 Å². The first-order chi connectivity index (χ1) is 17.0. The molecule has 0 unspecified atom stereocenters. The van der Waals surface area contributed by atoms with E-state index in [9.17, 15) is 14.4 Å². The van der Waals surface area contributed by atoms with Crippen molar-refractivity contribution in [2.24, 2.45) is 0 Å². The number of furan rings is 1. The molecule has 1 saturated carbocycles. The van der Waals surface area contributed by atoms with E-state index >= 15 is 0 Å². The maximum absolute atomic E-state index is 13.8. The molecular weight excluding hydrogens is 442 g/mol. The third kappa shape index (κ3) is 5.98. The second-order valence-electron chi connectivity index (χ2n) is 8.87. The van der Waals surface area contributed by atoms with Crippen molar-refractivity contribution < 1.29 is 18.8 Å². The molecular formula is C28H31N3O4. The normalized spacial score (nSPS) is 14.7. The van der Waals surface area contributed by atoms with E-state index in [-0.39, 0.29) is 24.3 Å². The lowest BCUT2D eigenvalue weighted by Gasteiger charge is -2.34. The lowest BCUT2D eigenvalue weighted by molar-refractivity contribution is -0.127. The number of hydrogen-bond donors (Lipinski definition) is 2. The van der Waals surface area contributed by atoms with Gasteiger partial charge in [-0.25, -0.2) is 0 Å². The standard InChI is InChI=1S/C28H31N3O4/c1-20-11-8-9-16-23(20)31(25(32)19-29-27(33)24-17-10-18-35-24)26(21-12-4-2-5-13-21)28(34)30-22-14-6-3-7-15-22/h2,4-5,8-13,16-18,22,26H,3,6-7,14-15,19H2,1H3,(H,29,33)(H,30,34)/t26-/m0/s1. The summed E-state index contributed by atoms with van der Waals surface area (Å²) in [6.07, 6.45) is 6.62. The number of nitrogens with zero attached hydrogens (tertiary/aromatic N) is 1. The Morgan fingerprint density at radius 2 is 1.66 bits per heavy atom. The van der Waals surface area contributed by atoms with E-state index in [2.05, 4.69) is 10.6 Å². The summed E-state index contributed by atoms with van der Waals surface area (Å²) in [5.41, 5.74) is 2.18. The van der Waals surface area contributed by atoms with E-state index in [1.165, 1.54) is 23.7 Å². The lowest BCUT2D eigenvalue weighted by Crippen LogP contribution is -2.50. The van der Waals surface area contributed by atoms with Crippen LogP contribution >= 0.6 is 0 Å². The number of amides is 3. The van der Waals surface area contributed by atoms with Crippen molar-refractivity contribution in [2.45, 2.75) is 51.1 Å². The van der Waals surface area contributed by atoms with Gasteiger partial charge >= 0.3 is 0 Å². The van der Waals surface area contributed by atoms with E-state index in [4.69, 9.17) is 4.42 Å². The molecule has 1 fully saturated rings. The predicted molar refractivity (Wildman–Crippen MR) is 134 cm³/mol. The van der Waals surface area contributed by atoms with Gasteiger partial charge in [-0.1, -0.05) is 67.8 Å². The summed E-state index contributed by atoms with van der Waals surface area (Å²) < 4.78 is 5.13. The van der Waals surface area contributed by atoms with Gasteiger partial charge in [0.15, 0.2) is 5.76 Å². The van der Waals surface area contributed by atoms with Crippen molar-refractivity contribution in [1.29, 1.82) is 0 Å². The van der Waals surface area contributed by atoms with Crippen LogP contribution in [0.25, 0.3) is 0 Å². The Hall–Kier alpha value is -3.87. The van der Waals surface area contributed by atoms with Gasteiger partial charge in [-0.3, -0.25) is 19.3 Å². The molecule has 3 amide bonds. The topological polar surface area (TPSA) is 91.7 Å². The van der Waals surface area contributed by atoms with Crippen molar-refractivity contribution in [3.8, 4) is 0 Å². The molecule has 0 saturated heterocycles. The van der Waals surface area contributed by atoms with Crippen LogP contribution in [0.1, 0.15) is 59.8 Å². The Labute approximate surface area is 205 Å². The first-order valence-corrected chi connectivity index (χ1v) is 12.1. The number of benzene rings is 2. The summed E-state index contributed by atoms with van der Waals surface area (Å²) >= 11 is 0. The van der Waals surface area contributed by atoms with Crippen LogP contribution in [0.4, 0.5) is 5.69 Å². The maximum Gasteiger partial charge on any atom is 0.287 e. The summed E-state index contributed by atoms with van der Waals surface area (Å²) in [6.45, 7) is 1.62. The van der Waals surface area contributed by atoms with E-state index in [0.717, 1.165) is 31.2 Å². The van der Waals surface area contributed by atoms with E-state index in [1.54, 1.807) is 6.07 Å². The number of aryl methyl sites for hydroxylation is 1. The van der Waals surface area contributed by atoms with Gasteiger partial charge in [0.1, 0.15) is 6.04 Å². The fourth-order valence-electron chi connectivity index (χ4n) is 4.57. The average molecular weight is 474 g/mol. The molecule has 0 bridgehead atoms. The van der Waals surface area contributed by atoms with Crippen molar-refractivity contribution in [3.63, 3.8) is 0 Å². The zero-order chi connectivity index (χ0) is 24.6. The molecule has 0 aliphatic heterocycles. The number of rotatable bonds is 8. The highest BCUT2D eigenvalue weighted by molar-refractivity contribution is 6.04. The molecule has 2 aromatic carbocycles. The van der Waals surface area contributed by atoms with Crippen LogP contribution in [-0.2, 0) is 9.59 Å². The van der Waals surface area contributed by atoms with Gasteiger partial charge in [-0.05, 0) is 49.1 Å². The quantitative estimate of drug-likeness (QED) is 0.502. The second kappa shape index (κ2) is 11.5. The largest absolute Gasteiger partial charge is 0.459 e. The smallest absolute Gasteiger partial charge is 0.287 e. The Kier molecular flexibility index (Phi) is 7.98. The average Bonchev–Trinajstić information content (AvgIpc) is 3.42. The molecule has 4 rings (SSSR count). The Bertz CT molecular complexity index is 1140. The summed E-state index contributed by atoms with van der Waals surface area (Å²) in [7, 11) is 0. The van der Waals surface area contributed by atoms with Crippen LogP contribution in [-0.4, -0.2) is 30.3 Å². The third-order valence-electron chi connectivity index (χ3n) is 6.36. The number of carbonyl (C=O) groups is 3. The van der Waals surface area contributed by atoms with Gasteiger partial charge in [0, 0.05) is 11.7 Å². The third-order valence-corrected chi connectivity index (χ3v) is 6.36. The molecule has 182 valence electrons. The lowest BCUT2D eigenvalue weighted by atomic mass is 9.94. The SMILES string of the molecule is Cc1ccccc1N(C(=O)CNC(=O)c1ccco1)[C@H](C(=O)NC1CCCCC1)c1ccccc1. The molecule has 3 aromatic rings. The Morgan fingerprint density at radius 3 is 2.34 bits per heavy atom. The minimum Gasteiger partial charge on any atom is -0.459 e. The Morgan fingerprint density at radius 1 is 0.943 bits per heavy atom. The van der Waals surface area contributed by atoms with E-state index in [1.807, 2.05) is 61.5 Å². The highest BCUT2D eigenvalue weighted by atomic mass is 16.3. The molecule has 1 aliphatic rings. The van der Waals surface area contributed by atoms with Crippen LogP contribution in [0.15, 0.2) is 77.4 Å². The number of nitrogens with one attached hydrogen (secondary N) is 2. The first-order valence-electron chi connectivity index (χ1n) is 12.1. The van der Waals surface area contributed by atoms with Gasteiger partial charge in [0.25, 0.3) is 5.91 Å². The predicted octanol–water partition coefficient (Wildman–Crippen LogP) is 4.54. The monoisotopic (exact) mass is 473 g/mol. The minimum absolute atomic E-state index is 0.0925. The van der Waals surface area contributed by atoms with E-state index < -0.39 is 17.9 Å².